The van der Waals surface area contributed by atoms with E-state index in [9.17, 15) is 19.4 Å². The van der Waals surface area contributed by atoms with Gasteiger partial charge in [-0.25, -0.2) is 13.9 Å². The molecule has 2 N–H and O–H groups in total. The van der Waals surface area contributed by atoms with E-state index in [1.54, 1.807) is 17.2 Å². The number of rotatable bonds is 7. The fourth-order valence-electron chi connectivity index (χ4n) is 5.96. The van der Waals surface area contributed by atoms with Gasteiger partial charge in [-0.2, -0.15) is 0 Å². The van der Waals surface area contributed by atoms with E-state index in [0.29, 0.717) is 37.2 Å². The molecule has 4 heterocycles. The molecule has 0 saturated carbocycles. The van der Waals surface area contributed by atoms with Crippen LogP contribution in [0.1, 0.15) is 52.5 Å². The van der Waals surface area contributed by atoms with Crippen molar-refractivity contribution in [1.29, 1.82) is 0 Å². The molecular formula is C29H39ClFN5O7. The van der Waals surface area contributed by atoms with Gasteiger partial charge in [-0.05, 0) is 45.7 Å². The van der Waals surface area contributed by atoms with Crippen LogP contribution in [-0.2, 0) is 19.0 Å². The van der Waals surface area contributed by atoms with Crippen LogP contribution >= 0.6 is 11.6 Å². The monoisotopic (exact) mass is 623 g/mol. The zero-order valence-corrected chi connectivity index (χ0v) is 25.5. The number of aliphatic hydroxyl groups is 2. The average molecular weight is 624 g/mol. The second-order valence-electron chi connectivity index (χ2n) is 12.3. The van der Waals surface area contributed by atoms with Crippen molar-refractivity contribution in [2.75, 3.05) is 26.8 Å². The summed E-state index contributed by atoms with van der Waals surface area (Å²) in [6, 6.07) is 3.58. The molecule has 1 aromatic carbocycles. The Balaban J connectivity index is 1.23. The number of nitrogens with zero attached hydrogens (tertiary/aromatic N) is 5. The maximum absolute atomic E-state index is 14.1. The summed E-state index contributed by atoms with van der Waals surface area (Å²) >= 11 is 5.82. The summed E-state index contributed by atoms with van der Waals surface area (Å²) in [5.74, 6) is -0.387. The van der Waals surface area contributed by atoms with Crippen LogP contribution in [0.2, 0.25) is 5.02 Å². The van der Waals surface area contributed by atoms with E-state index in [1.807, 2.05) is 20.8 Å². The first-order chi connectivity index (χ1) is 20.5. The topological polar surface area (TPSA) is 141 Å². The van der Waals surface area contributed by atoms with Gasteiger partial charge in [0.2, 0.25) is 0 Å². The molecule has 1 aromatic heterocycles. The number of aliphatic hydroxyl groups excluding tert-OH is 2. The number of benzene rings is 1. The molecule has 1 amide bonds. The molecule has 2 fully saturated rings. The third-order valence-corrected chi connectivity index (χ3v) is 8.44. The molecule has 0 bridgehead atoms. The highest BCUT2D eigenvalue weighted by Crippen LogP contribution is 2.36. The number of carbonyl (C=O) groups excluding carboxylic acids is 1. The van der Waals surface area contributed by atoms with Crippen LogP contribution in [0.5, 0.6) is 0 Å². The fourth-order valence-corrected chi connectivity index (χ4v) is 6.08. The number of piperidine rings is 1. The first-order valence-corrected chi connectivity index (χ1v) is 14.9. The van der Waals surface area contributed by atoms with Gasteiger partial charge in [0.1, 0.15) is 47.6 Å². The number of aromatic nitrogens is 3. The number of methoxy groups -OCH3 is 1. The van der Waals surface area contributed by atoms with Gasteiger partial charge in [0.05, 0.1) is 29.6 Å². The van der Waals surface area contributed by atoms with E-state index in [0.717, 1.165) is 18.6 Å². The number of halogens is 2. The summed E-state index contributed by atoms with van der Waals surface area (Å²) < 4.78 is 33.0. The number of ether oxygens (including phenoxy) is 3. The highest BCUT2D eigenvalue weighted by atomic mass is 35.5. The lowest BCUT2D eigenvalue weighted by Crippen LogP contribution is -2.57. The number of hydrogen-bond acceptors (Lipinski definition) is 10. The van der Waals surface area contributed by atoms with E-state index in [1.165, 1.54) is 23.9 Å². The summed E-state index contributed by atoms with van der Waals surface area (Å²) in [5, 5.41) is 33.9. The Morgan fingerprint density at radius 1 is 1.23 bits per heavy atom. The van der Waals surface area contributed by atoms with Gasteiger partial charge in [0.25, 0.3) is 0 Å². The lowest BCUT2D eigenvalue weighted by Gasteiger charge is -2.44. The van der Waals surface area contributed by atoms with Crippen LogP contribution in [0.4, 0.5) is 9.18 Å². The molecule has 0 radical (unpaired) electrons. The maximum Gasteiger partial charge on any atom is 0.410 e. The van der Waals surface area contributed by atoms with Crippen molar-refractivity contribution in [3.05, 3.63) is 35.2 Å². The molecule has 43 heavy (non-hydrogen) atoms. The largest absolute Gasteiger partial charge is 0.444 e. The van der Waals surface area contributed by atoms with Crippen molar-refractivity contribution in [1.82, 2.24) is 19.9 Å². The van der Waals surface area contributed by atoms with Crippen LogP contribution < -0.4 is 0 Å². The number of amides is 1. The molecule has 5 rings (SSSR count). The first-order valence-electron chi connectivity index (χ1n) is 14.5. The minimum atomic E-state index is -1.16. The third-order valence-electron chi connectivity index (χ3n) is 8.14. The second-order valence-corrected chi connectivity index (χ2v) is 12.7. The van der Waals surface area contributed by atoms with Gasteiger partial charge in [0, 0.05) is 44.5 Å². The SMILES string of the molecule is CO[C@@H]1[C@@H](n2cc(-c3ccc(Cl)c(F)c3)nn2)[C@@H](O)[C@@H](CO)O[C@@H]1C[C@H]1CC(C2CCN(C(=O)OC(C)(C)C)CC2)=NO1. The molecule has 3 aliphatic heterocycles. The Morgan fingerprint density at radius 2 is 1.98 bits per heavy atom. The Morgan fingerprint density at radius 3 is 2.63 bits per heavy atom. The molecule has 14 heteroatoms. The molecule has 12 nitrogen and oxygen atoms in total. The standard InChI is InChI=1S/C29H39ClFN5O7/c1-29(2,3)42-28(39)35-9-7-16(8-10-35)21-12-18(43-33-21)13-23-27(40-4)25(26(38)24(15-37)41-23)36-14-22(32-34-36)17-5-6-19(30)20(31)11-17/h5-6,11,14,16,18,23-27,37-38H,7-10,12-13,15H2,1-4H3/t18-,23-,24-,25+,26+,27+/m1/s1. The van der Waals surface area contributed by atoms with Crippen LogP contribution in [0.3, 0.4) is 0 Å². The Hall–Kier alpha value is -2.84. The van der Waals surface area contributed by atoms with Gasteiger partial charge < -0.3 is 34.2 Å². The van der Waals surface area contributed by atoms with E-state index >= 15 is 0 Å². The molecule has 3 aliphatic rings. The third kappa shape index (κ3) is 7.12. The maximum atomic E-state index is 14.1. The van der Waals surface area contributed by atoms with Crippen molar-refractivity contribution < 1.29 is 38.4 Å². The van der Waals surface area contributed by atoms with Gasteiger partial charge in [-0.3, -0.25) is 0 Å². The summed E-state index contributed by atoms with van der Waals surface area (Å²) in [5.41, 5.74) is 1.27. The lowest BCUT2D eigenvalue weighted by molar-refractivity contribution is -0.219. The molecule has 6 atom stereocenters. The lowest BCUT2D eigenvalue weighted by atomic mass is 9.86. The highest BCUT2D eigenvalue weighted by molar-refractivity contribution is 6.30. The predicted molar refractivity (Wildman–Crippen MR) is 154 cm³/mol. The molecular weight excluding hydrogens is 585 g/mol. The van der Waals surface area contributed by atoms with Crippen molar-refractivity contribution in [2.24, 2.45) is 11.1 Å². The van der Waals surface area contributed by atoms with Gasteiger partial charge >= 0.3 is 6.09 Å². The summed E-state index contributed by atoms with van der Waals surface area (Å²) in [7, 11) is 1.52. The van der Waals surface area contributed by atoms with Gasteiger partial charge in [-0.1, -0.05) is 28.0 Å². The molecule has 0 aliphatic carbocycles. The van der Waals surface area contributed by atoms with E-state index in [2.05, 4.69) is 15.5 Å². The van der Waals surface area contributed by atoms with Crippen LogP contribution in [0.25, 0.3) is 11.3 Å². The Labute approximate surface area is 254 Å². The number of hydrogen-bond donors (Lipinski definition) is 2. The van der Waals surface area contributed by atoms with E-state index in [4.69, 9.17) is 30.6 Å². The van der Waals surface area contributed by atoms with E-state index in [-0.39, 0.29) is 23.1 Å². The molecule has 0 spiro atoms. The fraction of sp³-hybridized carbons (Fsp3) is 0.655. The number of carbonyl (C=O) groups is 1. The minimum Gasteiger partial charge on any atom is -0.444 e. The van der Waals surface area contributed by atoms with Gasteiger partial charge in [-0.15, -0.1) is 5.10 Å². The summed E-state index contributed by atoms with van der Waals surface area (Å²) in [6.07, 6.45) is 0.230. The second kappa shape index (κ2) is 13.0. The normalized spacial score (nSPS) is 28.5. The molecule has 0 unspecified atom stereocenters. The zero-order valence-electron chi connectivity index (χ0n) is 24.7. The number of likely N-dealkylation sites (tertiary alicyclic amines) is 1. The van der Waals surface area contributed by atoms with Crippen LogP contribution in [-0.4, -0.2) is 105 Å². The first kappa shape index (κ1) is 31.6. The Bertz CT molecular complexity index is 1310. The van der Waals surface area contributed by atoms with Crippen LogP contribution in [0.15, 0.2) is 29.6 Å². The molecule has 236 valence electrons. The minimum absolute atomic E-state index is 0.00315. The summed E-state index contributed by atoms with van der Waals surface area (Å²) in [6.45, 7) is 6.31. The van der Waals surface area contributed by atoms with Crippen molar-refractivity contribution in [3.8, 4) is 11.3 Å². The summed E-state index contributed by atoms with van der Waals surface area (Å²) in [4.78, 5) is 20.0. The Kier molecular flexibility index (Phi) is 9.57. The van der Waals surface area contributed by atoms with E-state index < -0.39 is 48.5 Å². The van der Waals surface area contributed by atoms with Crippen molar-refractivity contribution in [2.45, 2.75) is 88.6 Å². The van der Waals surface area contributed by atoms with Crippen molar-refractivity contribution in [3.63, 3.8) is 0 Å². The zero-order chi connectivity index (χ0) is 30.9. The van der Waals surface area contributed by atoms with Crippen molar-refractivity contribution >= 4 is 23.4 Å². The predicted octanol–water partition coefficient (Wildman–Crippen LogP) is 3.60. The molecule has 2 aromatic rings. The quantitative estimate of drug-likeness (QED) is 0.473. The van der Waals surface area contributed by atoms with Gasteiger partial charge in [0.15, 0.2) is 0 Å². The number of oxime groups is 1. The highest BCUT2D eigenvalue weighted by Gasteiger charge is 2.48. The average Bonchev–Trinajstić information content (AvgIpc) is 3.64. The smallest absolute Gasteiger partial charge is 0.410 e. The van der Waals surface area contributed by atoms with Crippen LogP contribution in [0, 0.1) is 11.7 Å². The molecule has 2 saturated heterocycles.